The van der Waals surface area contributed by atoms with Crippen molar-refractivity contribution in [3.63, 3.8) is 0 Å². The van der Waals surface area contributed by atoms with Gasteiger partial charge in [-0.3, -0.25) is 0 Å². The van der Waals surface area contributed by atoms with Gasteiger partial charge in [-0.25, -0.2) is 4.79 Å². The lowest BCUT2D eigenvalue weighted by Gasteiger charge is -2.47. The van der Waals surface area contributed by atoms with Gasteiger partial charge in [0.25, 0.3) is 0 Å². The van der Waals surface area contributed by atoms with Crippen molar-refractivity contribution in [1.29, 1.82) is 0 Å². The van der Waals surface area contributed by atoms with Crippen LogP contribution in [0.25, 0.3) is 0 Å². The molecular formula is C15H21NO8. The Balaban J connectivity index is 2.30. The van der Waals surface area contributed by atoms with Gasteiger partial charge in [0.05, 0.1) is 13.7 Å². The second kappa shape index (κ2) is 7.43. The van der Waals surface area contributed by atoms with Crippen molar-refractivity contribution in [2.45, 2.75) is 30.2 Å². The van der Waals surface area contributed by atoms with Gasteiger partial charge in [-0.05, 0) is 12.1 Å². The first-order valence-electron chi connectivity index (χ1n) is 7.25. The monoisotopic (exact) mass is 343 g/mol. The number of benzene rings is 1. The number of nitrogens with two attached hydrogens (primary N) is 1. The zero-order valence-corrected chi connectivity index (χ0v) is 13.0. The Hall–Kier alpha value is -1.75. The highest BCUT2D eigenvalue weighted by atomic mass is 16.7. The summed E-state index contributed by atoms with van der Waals surface area (Å²) in [6, 6.07) is 5.85. The minimum absolute atomic E-state index is 0.154. The van der Waals surface area contributed by atoms with Crippen molar-refractivity contribution in [2.24, 2.45) is 0 Å². The minimum atomic E-state index is -2.26. The van der Waals surface area contributed by atoms with Crippen LogP contribution in [0.1, 0.15) is 5.56 Å². The van der Waals surface area contributed by atoms with Gasteiger partial charge < -0.3 is 40.4 Å². The quantitative estimate of drug-likeness (QED) is 0.304. The SMILES string of the molecule is COC(=O)CO[C@H]1[C@@H](O)[C@@H](CO)O[C@](O)(c2ccc(N)cc2)[C@@H]1O. The number of nitrogen functional groups attached to an aromatic ring is 1. The van der Waals surface area contributed by atoms with E-state index in [1.807, 2.05) is 0 Å². The molecule has 2 rings (SSSR count). The lowest BCUT2D eigenvalue weighted by atomic mass is 9.88. The van der Waals surface area contributed by atoms with Gasteiger partial charge in [-0.15, -0.1) is 0 Å². The van der Waals surface area contributed by atoms with Crippen LogP contribution in [0, 0.1) is 0 Å². The van der Waals surface area contributed by atoms with Gasteiger partial charge in [-0.2, -0.15) is 0 Å². The average Bonchev–Trinajstić information content (AvgIpc) is 2.58. The van der Waals surface area contributed by atoms with Gasteiger partial charge in [0.15, 0.2) is 0 Å². The van der Waals surface area contributed by atoms with Gasteiger partial charge in [0.2, 0.25) is 5.79 Å². The second-order valence-electron chi connectivity index (χ2n) is 5.44. The lowest BCUT2D eigenvalue weighted by molar-refractivity contribution is -0.362. The summed E-state index contributed by atoms with van der Waals surface area (Å²) in [5.41, 5.74) is 6.18. The molecule has 1 aliphatic rings. The Morgan fingerprint density at radius 3 is 2.50 bits per heavy atom. The molecule has 24 heavy (non-hydrogen) atoms. The molecule has 0 spiro atoms. The highest BCUT2D eigenvalue weighted by molar-refractivity contribution is 5.70. The fraction of sp³-hybridized carbons (Fsp3) is 0.533. The summed E-state index contributed by atoms with van der Waals surface area (Å²) in [5.74, 6) is -2.99. The summed E-state index contributed by atoms with van der Waals surface area (Å²) in [6.45, 7) is -1.19. The number of methoxy groups -OCH3 is 1. The minimum Gasteiger partial charge on any atom is -0.467 e. The maximum Gasteiger partial charge on any atom is 0.331 e. The van der Waals surface area contributed by atoms with E-state index in [2.05, 4.69) is 4.74 Å². The van der Waals surface area contributed by atoms with Crippen LogP contribution in [0.3, 0.4) is 0 Å². The summed E-state index contributed by atoms with van der Waals surface area (Å²) in [5, 5.41) is 40.8. The van der Waals surface area contributed by atoms with Crippen LogP contribution in [-0.2, 0) is 24.8 Å². The van der Waals surface area contributed by atoms with Crippen LogP contribution in [0.15, 0.2) is 24.3 Å². The van der Waals surface area contributed by atoms with Gasteiger partial charge in [-0.1, -0.05) is 12.1 Å². The van der Waals surface area contributed by atoms with Crippen LogP contribution in [0.2, 0.25) is 0 Å². The molecule has 0 unspecified atom stereocenters. The Morgan fingerprint density at radius 2 is 1.96 bits per heavy atom. The Kier molecular flexibility index (Phi) is 5.75. The lowest BCUT2D eigenvalue weighted by Crippen LogP contribution is -2.64. The summed E-state index contributed by atoms with van der Waals surface area (Å²) in [6.07, 6.45) is -5.83. The molecule has 0 radical (unpaired) electrons. The van der Waals surface area contributed by atoms with E-state index in [9.17, 15) is 25.2 Å². The number of esters is 1. The summed E-state index contributed by atoms with van der Waals surface area (Å²) >= 11 is 0. The number of aliphatic hydroxyl groups is 4. The second-order valence-corrected chi connectivity index (χ2v) is 5.44. The molecule has 1 aromatic rings. The van der Waals surface area contributed by atoms with Crippen LogP contribution >= 0.6 is 0 Å². The predicted molar refractivity (Wildman–Crippen MR) is 80.5 cm³/mol. The summed E-state index contributed by atoms with van der Waals surface area (Å²) in [7, 11) is 1.16. The van der Waals surface area contributed by atoms with E-state index < -0.39 is 49.4 Å². The molecule has 1 aliphatic heterocycles. The van der Waals surface area contributed by atoms with E-state index >= 15 is 0 Å². The molecule has 9 heteroatoms. The number of aliphatic hydroxyl groups excluding tert-OH is 3. The summed E-state index contributed by atoms with van der Waals surface area (Å²) in [4.78, 5) is 11.2. The number of hydrogen-bond donors (Lipinski definition) is 5. The van der Waals surface area contributed by atoms with E-state index in [0.717, 1.165) is 7.11 Å². The molecule has 1 fully saturated rings. The Morgan fingerprint density at radius 1 is 1.33 bits per heavy atom. The Bertz CT molecular complexity index is 565. The molecule has 5 atom stereocenters. The van der Waals surface area contributed by atoms with Crippen LogP contribution in [0.4, 0.5) is 5.69 Å². The van der Waals surface area contributed by atoms with Gasteiger partial charge in [0.1, 0.15) is 31.0 Å². The number of rotatable bonds is 5. The normalized spacial score (nSPS) is 33.2. The topological polar surface area (TPSA) is 152 Å². The Labute approximate surface area is 138 Å². The number of anilines is 1. The highest BCUT2D eigenvalue weighted by Gasteiger charge is 2.54. The van der Waals surface area contributed by atoms with Gasteiger partial charge in [0, 0.05) is 11.3 Å². The third-order valence-electron chi connectivity index (χ3n) is 3.89. The molecular weight excluding hydrogens is 322 g/mol. The van der Waals surface area contributed by atoms with Crippen LogP contribution in [0.5, 0.6) is 0 Å². The standard InChI is InChI=1S/C15H21NO8/c1-22-11(18)7-23-13-12(19)10(6-17)24-15(21,14(13)20)8-2-4-9(16)5-3-8/h2-5,10,12-14,17,19-21H,6-7,16H2,1H3/t10-,12+,13+,14-,15-/m1/s1. The molecule has 0 bridgehead atoms. The van der Waals surface area contributed by atoms with Crippen LogP contribution in [-0.4, -0.2) is 71.1 Å². The first kappa shape index (κ1) is 18.6. The van der Waals surface area contributed by atoms with E-state index in [-0.39, 0.29) is 5.56 Å². The highest BCUT2D eigenvalue weighted by Crippen LogP contribution is 2.37. The average molecular weight is 343 g/mol. The fourth-order valence-corrected chi connectivity index (χ4v) is 2.51. The number of carbonyl (C=O) groups excluding carboxylic acids is 1. The molecule has 1 aromatic carbocycles. The molecule has 0 aromatic heterocycles. The maximum atomic E-state index is 11.2. The molecule has 1 saturated heterocycles. The molecule has 0 aliphatic carbocycles. The third-order valence-corrected chi connectivity index (χ3v) is 3.89. The third kappa shape index (κ3) is 3.51. The number of carbonyl (C=O) groups is 1. The number of ether oxygens (including phenoxy) is 3. The van der Waals surface area contributed by atoms with E-state index in [0.29, 0.717) is 5.69 Å². The van der Waals surface area contributed by atoms with Crippen molar-refractivity contribution in [3.8, 4) is 0 Å². The predicted octanol–water partition coefficient (Wildman–Crippen LogP) is -1.91. The zero-order valence-electron chi connectivity index (χ0n) is 13.0. The molecule has 0 saturated carbocycles. The molecule has 134 valence electrons. The first-order valence-corrected chi connectivity index (χ1v) is 7.25. The van der Waals surface area contributed by atoms with E-state index in [1.54, 1.807) is 0 Å². The zero-order chi connectivity index (χ0) is 17.9. The van der Waals surface area contributed by atoms with Crippen LogP contribution < -0.4 is 5.73 Å². The van der Waals surface area contributed by atoms with Crippen molar-refractivity contribution < 1.29 is 39.4 Å². The van der Waals surface area contributed by atoms with E-state index in [4.69, 9.17) is 15.2 Å². The molecule has 1 heterocycles. The van der Waals surface area contributed by atoms with Gasteiger partial charge >= 0.3 is 5.97 Å². The summed E-state index contributed by atoms with van der Waals surface area (Å²) < 4.78 is 14.9. The molecule has 0 amide bonds. The first-order chi connectivity index (χ1) is 11.3. The fourth-order valence-electron chi connectivity index (χ4n) is 2.51. The van der Waals surface area contributed by atoms with Crippen molar-refractivity contribution in [3.05, 3.63) is 29.8 Å². The molecule has 6 N–H and O–H groups in total. The largest absolute Gasteiger partial charge is 0.467 e. The molecule has 9 nitrogen and oxygen atoms in total. The number of hydrogen-bond acceptors (Lipinski definition) is 9. The van der Waals surface area contributed by atoms with Crippen molar-refractivity contribution in [1.82, 2.24) is 0 Å². The van der Waals surface area contributed by atoms with E-state index in [1.165, 1.54) is 24.3 Å². The smallest absolute Gasteiger partial charge is 0.331 e. The maximum absolute atomic E-state index is 11.2. The van der Waals surface area contributed by atoms with Crippen molar-refractivity contribution >= 4 is 11.7 Å². The van der Waals surface area contributed by atoms with Crippen molar-refractivity contribution in [2.75, 3.05) is 26.1 Å².